The molecule has 2 amide bonds. The Hall–Kier alpha value is -2.83. The van der Waals surface area contributed by atoms with Crippen molar-refractivity contribution in [1.29, 1.82) is 0 Å². The smallest absolute Gasteiger partial charge is 0.410 e. The van der Waals surface area contributed by atoms with Crippen LogP contribution in [0, 0.1) is 5.92 Å². The predicted molar refractivity (Wildman–Crippen MR) is 95.1 cm³/mol. The van der Waals surface area contributed by atoms with Crippen molar-refractivity contribution in [2.75, 3.05) is 20.2 Å². The van der Waals surface area contributed by atoms with Gasteiger partial charge < -0.3 is 14.2 Å². The molecule has 1 aromatic heterocycles. The van der Waals surface area contributed by atoms with Gasteiger partial charge in [0.2, 0.25) is 5.91 Å². The van der Waals surface area contributed by atoms with Gasteiger partial charge >= 0.3 is 6.09 Å². The van der Waals surface area contributed by atoms with Gasteiger partial charge in [-0.3, -0.25) is 9.69 Å². The van der Waals surface area contributed by atoms with Gasteiger partial charge in [-0.2, -0.15) is 0 Å². The third kappa shape index (κ3) is 3.87. The summed E-state index contributed by atoms with van der Waals surface area (Å²) in [6.45, 7) is 4.66. The Morgan fingerprint density at radius 1 is 1.35 bits per heavy atom. The molecule has 1 aliphatic heterocycles. The minimum Gasteiger partial charge on any atom is -0.447 e. The highest BCUT2D eigenvalue weighted by atomic mass is 16.6. The molecule has 1 aliphatic rings. The quantitative estimate of drug-likeness (QED) is 0.795. The van der Waals surface area contributed by atoms with Gasteiger partial charge in [0.05, 0.1) is 12.6 Å². The number of ether oxygens (including phenoxy) is 1. The fourth-order valence-corrected chi connectivity index (χ4v) is 2.92. The Morgan fingerprint density at radius 3 is 2.77 bits per heavy atom. The molecule has 0 unspecified atom stereocenters. The molecule has 1 atom stereocenters. The number of amides is 2. The normalized spacial score (nSPS) is 16.8. The highest BCUT2D eigenvalue weighted by Gasteiger charge is 2.36. The lowest BCUT2D eigenvalue weighted by atomic mass is 10.0. The minimum absolute atomic E-state index is 0.00156. The molecule has 0 radical (unpaired) electrons. The fourth-order valence-electron chi connectivity index (χ4n) is 2.92. The molecule has 1 saturated heterocycles. The van der Waals surface area contributed by atoms with E-state index in [1.807, 2.05) is 50.2 Å². The van der Waals surface area contributed by atoms with Gasteiger partial charge in [0, 0.05) is 18.7 Å². The summed E-state index contributed by atoms with van der Waals surface area (Å²) in [7, 11) is 1.69. The van der Waals surface area contributed by atoms with E-state index in [1.165, 1.54) is 9.80 Å². The van der Waals surface area contributed by atoms with Crippen molar-refractivity contribution in [2.24, 2.45) is 5.92 Å². The molecule has 138 valence electrons. The van der Waals surface area contributed by atoms with E-state index in [9.17, 15) is 9.59 Å². The zero-order valence-electron chi connectivity index (χ0n) is 15.2. The van der Waals surface area contributed by atoms with Crippen molar-refractivity contribution in [3.8, 4) is 11.3 Å². The lowest BCUT2D eigenvalue weighted by molar-refractivity contribution is -0.131. The second-order valence-corrected chi connectivity index (χ2v) is 6.81. The second kappa shape index (κ2) is 7.59. The SMILES string of the molecule is CC(C)[C@H]1COC(=O)N1CC(=O)N(C)Cc1cc(-c2ccccc2)on1. The van der Waals surface area contributed by atoms with Crippen LogP contribution < -0.4 is 0 Å². The van der Waals surface area contributed by atoms with Crippen LogP contribution in [0.3, 0.4) is 0 Å². The summed E-state index contributed by atoms with van der Waals surface area (Å²) in [5.74, 6) is 0.715. The Morgan fingerprint density at radius 2 is 2.08 bits per heavy atom. The van der Waals surface area contributed by atoms with Crippen LogP contribution in [0.1, 0.15) is 19.5 Å². The maximum absolute atomic E-state index is 12.5. The minimum atomic E-state index is -0.432. The van der Waals surface area contributed by atoms with Crippen LogP contribution in [0.4, 0.5) is 4.79 Å². The molecule has 7 heteroatoms. The van der Waals surface area contributed by atoms with Gasteiger partial charge in [0.1, 0.15) is 18.8 Å². The lowest BCUT2D eigenvalue weighted by Crippen LogP contribution is -2.44. The van der Waals surface area contributed by atoms with Crippen LogP contribution in [-0.2, 0) is 16.1 Å². The van der Waals surface area contributed by atoms with Crippen molar-refractivity contribution in [3.05, 3.63) is 42.1 Å². The Labute approximate surface area is 152 Å². The molecule has 3 rings (SSSR count). The zero-order chi connectivity index (χ0) is 18.7. The highest BCUT2D eigenvalue weighted by Crippen LogP contribution is 2.21. The summed E-state index contributed by atoms with van der Waals surface area (Å²) in [4.78, 5) is 27.4. The van der Waals surface area contributed by atoms with Crippen LogP contribution in [0.5, 0.6) is 0 Å². The number of nitrogens with zero attached hydrogens (tertiary/aromatic N) is 3. The van der Waals surface area contributed by atoms with E-state index >= 15 is 0 Å². The molecule has 2 aromatic rings. The van der Waals surface area contributed by atoms with Gasteiger partial charge in [-0.15, -0.1) is 0 Å². The Balaban J connectivity index is 1.61. The van der Waals surface area contributed by atoms with E-state index in [2.05, 4.69) is 5.16 Å². The number of likely N-dealkylation sites (N-methyl/N-ethyl adjacent to an activating group) is 1. The molecule has 0 saturated carbocycles. The number of hydrogen-bond acceptors (Lipinski definition) is 5. The molecule has 26 heavy (non-hydrogen) atoms. The van der Waals surface area contributed by atoms with Crippen LogP contribution in [0.25, 0.3) is 11.3 Å². The molecule has 7 nitrogen and oxygen atoms in total. The fraction of sp³-hybridized carbons (Fsp3) is 0.421. The topological polar surface area (TPSA) is 75.9 Å². The van der Waals surface area contributed by atoms with E-state index in [4.69, 9.17) is 9.26 Å². The molecular weight excluding hydrogens is 334 g/mol. The summed E-state index contributed by atoms with van der Waals surface area (Å²) >= 11 is 0. The summed E-state index contributed by atoms with van der Waals surface area (Å²) in [5, 5.41) is 4.03. The number of carbonyl (C=O) groups excluding carboxylic acids is 2. The summed E-state index contributed by atoms with van der Waals surface area (Å²) in [6.07, 6.45) is -0.432. The first-order chi connectivity index (χ1) is 12.5. The number of hydrogen-bond donors (Lipinski definition) is 0. The van der Waals surface area contributed by atoms with Crippen molar-refractivity contribution in [3.63, 3.8) is 0 Å². The first-order valence-electron chi connectivity index (χ1n) is 8.64. The van der Waals surface area contributed by atoms with E-state index in [-0.39, 0.29) is 24.4 Å². The van der Waals surface area contributed by atoms with Gasteiger partial charge in [-0.25, -0.2) is 4.79 Å². The molecule has 0 aliphatic carbocycles. The number of cyclic esters (lactones) is 1. The zero-order valence-corrected chi connectivity index (χ0v) is 15.2. The van der Waals surface area contributed by atoms with Gasteiger partial charge in [0.25, 0.3) is 0 Å². The second-order valence-electron chi connectivity index (χ2n) is 6.81. The van der Waals surface area contributed by atoms with Crippen molar-refractivity contribution < 1.29 is 18.8 Å². The van der Waals surface area contributed by atoms with Gasteiger partial charge in [0.15, 0.2) is 5.76 Å². The number of aromatic nitrogens is 1. The largest absolute Gasteiger partial charge is 0.447 e. The van der Waals surface area contributed by atoms with Crippen molar-refractivity contribution >= 4 is 12.0 Å². The average molecular weight is 357 g/mol. The number of rotatable bonds is 6. The van der Waals surface area contributed by atoms with E-state index in [0.717, 1.165) is 5.56 Å². The Kier molecular flexibility index (Phi) is 5.25. The maximum Gasteiger partial charge on any atom is 0.410 e. The van der Waals surface area contributed by atoms with Crippen LogP contribution in [0.15, 0.2) is 40.9 Å². The van der Waals surface area contributed by atoms with Crippen molar-refractivity contribution in [2.45, 2.75) is 26.4 Å². The van der Waals surface area contributed by atoms with E-state index in [0.29, 0.717) is 24.6 Å². The average Bonchev–Trinajstić information content (AvgIpc) is 3.23. The standard InChI is InChI=1S/C19H23N3O4/c1-13(2)16-12-25-19(24)22(16)11-18(23)21(3)10-15-9-17(26-20-15)14-7-5-4-6-8-14/h4-9,13,16H,10-12H2,1-3H3/t16-/m1/s1. The van der Waals surface area contributed by atoms with Crippen LogP contribution in [0.2, 0.25) is 0 Å². The van der Waals surface area contributed by atoms with Gasteiger partial charge in [-0.1, -0.05) is 49.3 Å². The highest BCUT2D eigenvalue weighted by molar-refractivity contribution is 5.83. The lowest BCUT2D eigenvalue weighted by Gasteiger charge is -2.25. The molecular formula is C19H23N3O4. The van der Waals surface area contributed by atoms with Gasteiger partial charge in [-0.05, 0) is 5.92 Å². The Bertz CT molecular complexity index is 772. The predicted octanol–water partition coefficient (Wildman–Crippen LogP) is 2.78. The first kappa shape index (κ1) is 18.0. The third-order valence-electron chi connectivity index (χ3n) is 4.53. The summed E-state index contributed by atoms with van der Waals surface area (Å²) < 4.78 is 10.4. The molecule has 0 bridgehead atoms. The number of benzene rings is 1. The molecule has 0 N–H and O–H groups in total. The molecule has 1 aromatic carbocycles. The van der Waals surface area contributed by atoms with Crippen LogP contribution in [-0.4, -0.2) is 53.2 Å². The van der Waals surface area contributed by atoms with Crippen molar-refractivity contribution in [1.82, 2.24) is 15.0 Å². The third-order valence-corrected chi connectivity index (χ3v) is 4.53. The molecule has 2 heterocycles. The van der Waals surface area contributed by atoms with E-state index in [1.54, 1.807) is 7.05 Å². The molecule has 0 spiro atoms. The molecule has 1 fully saturated rings. The monoisotopic (exact) mass is 357 g/mol. The number of carbonyl (C=O) groups is 2. The van der Waals surface area contributed by atoms with Crippen LogP contribution >= 0.6 is 0 Å². The summed E-state index contributed by atoms with van der Waals surface area (Å²) in [5.41, 5.74) is 1.59. The first-order valence-corrected chi connectivity index (χ1v) is 8.64. The maximum atomic E-state index is 12.5. The van der Waals surface area contributed by atoms with E-state index < -0.39 is 6.09 Å². The summed E-state index contributed by atoms with van der Waals surface area (Å²) in [6, 6.07) is 11.4.